The molecule has 0 aliphatic carbocycles. The van der Waals surface area contributed by atoms with Gasteiger partial charge >= 0.3 is 0 Å². The molecule has 0 saturated carbocycles. The number of ether oxygens (including phenoxy) is 1. The Balaban J connectivity index is 3.96. The van der Waals surface area contributed by atoms with E-state index in [4.69, 9.17) is 4.74 Å². The lowest BCUT2D eigenvalue weighted by Gasteiger charge is -2.34. The number of rotatable bonds is 8. The molecule has 0 bridgehead atoms. The fourth-order valence-corrected chi connectivity index (χ4v) is 4.15. The first kappa shape index (κ1) is 15.9. The molecule has 0 aromatic carbocycles. The third-order valence-electron chi connectivity index (χ3n) is 2.95. The molecule has 0 radical (unpaired) electrons. The molecule has 1 nitrogen and oxygen atoms in total. The Morgan fingerprint density at radius 3 is 1.93 bits per heavy atom. The topological polar surface area (TPSA) is 9.23 Å². The van der Waals surface area contributed by atoms with Crippen LogP contribution in [0.2, 0.25) is 0 Å². The molecule has 0 N–H and O–H groups in total. The average Bonchev–Trinajstić information content (AvgIpc) is 2.18. The summed E-state index contributed by atoms with van der Waals surface area (Å²) in [4.78, 5) is 0. The Labute approximate surface area is 112 Å². The maximum absolute atomic E-state index is 5.66. The van der Waals surface area contributed by atoms with E-state index in [1.165, 1.54) is 0 Å². The number of alkyl halides is 2. The molecule has 0 unspecified atom stereocenters. The summed E-state index contributed by atoms with van der Waals surface area (Å²) in [5, 5.41) is 2.07. The first-order valence-electron chi connectivity index (χ1n) is 5.68. The maximum Gasteiger partial charge on any atom is 0.0488 e. The van der Waals surface area contributed by atoms with Crippen LogP contribution in [0.25, 0.3) is 0 Å². The highest BCUT2D eigenvalue weighted by molar-refractivity contribution is 9.09. The second-order valence-electron chi connectivity index (χ2n) is 5.00. The van der Waals surface area contributed by atoms with Crippen molar-refractivity contribution in [1.29, 1.82) is 0 Å². The van der Waals surface area contributed by atoms with E-state index in [2.05, 4.69) is 59.6 Å². The predicted molar refractivity (Wildman–Crippen MR) is 75.1 cm³/mol. The Hall–Kier alpha value is 0.920. The van der Waals surface area contributed by atoms with Gasteiger partial charge in [-0.2, -0.15) is 0 Å². The molecule has 0 saturated heterocycles. The van der Waals surface area contributed by atoms with Gasteiger partial charge in [-0.1, -0.05) is 59.6 Å². The third kappa shape index (κ3) is 5.69. The van der Waals surface area contributed by atoms with Gasteiger partial charge in [-0.25, -0.2) is 0 Å². The summed E-state index contributed by atoms with van der Waals surface area (Å²) in [6.07, 6.45) is 1.12. The minimum Gasteiger partial charge on any atom is -0.381 e. The van der Waals surface area contributed by atoms with Gasteiger partial charge in [-0.15, -0.1) is 0 Å². The third-order valence-corrected chi connectivity index (χ3v) is 5.19. The molecule has 0 fully saturated rings. The number of halogens is 2. The standard InChI is InChI=1S/C12H24Br2O/c1-10(2)7-15-6-5-12(8-13,9-14)11(3)4/h10-11H,5-9H2,1-4H3. The van der Waals surface area contributed by atoms with Crippen molar-refractivity contribution in [2.24, 2.45) is 17.3 Å². The van der Waals surface area contributed by atoms with Gasteiger partial charge in [-0.05, 0) is 23.7 Å². The van der Waals surface area contributed by atoms with Gasteiger partial charge in [0.1, 0.15) is 0 Å². The molecule has 3 heteroatoms. The molecule has 92 valence electrons. The summed E-state index contributed by atoms with van der Waals surface area (Å²) in [6.45, 7) is 10.7. The zero-order valence-electron chi connectivity index (χ0n) is 10.4. The molecule has 15 heavy (non-hydrogen) atoms. The molecule has 0 aliphatic rings. The van der Waals surface area contributed by atoms with E-state index in [-0.39, 0.29) is 0 Å². The first-order valence-corrected chi connectivity index (χ1v) is 7.92. The Bertz CT molecular complexity index is 154. The van der Waals surface area contributed by atoms with Crippen LogP contribution in [0.5, 0.6) is 0 Å². The molecule has 0 aromatic heterocycles. The van der Waals surface area contributed by atoms with Gasteiger partial charge in [0.25, 0.3) is 0 Å². The molecule has 0 atom stereocenters. The van der Waals surface area contributed by atoms with Crippen molar-refractivity contribution in [2.75, 3.05) is 23.9 Å². The summed E-state index contributed by atoms with van der Waals surface area (Å²) in [6, 6.07) is 0. The van der Waals surface area contributed by atoms with Crippen LogP contribution in [0.4, 0.5) is 0 Å². The zero-order chi connectivity index (χ0) is 11.9. The minimum atomic E-state index is 0.330. The Kier molecular flexibility index (Phi) is 8.57. The summed E-state index contributed by atoms with van der Waals surface area (Å²) in [5.74, 6) is 1.30. The lowest BCUT2D eigenvalue weighted by Crippen LogP contribution is -2.32. The van der Waals surface area contributed by atoms with Gasteiger partial charge in [0, 0.05) is 23.9 Å². The Morgan fingerprint density at radius 2 is 1.60 bits per heavy atom. The highest BCUT2D eigenvalue weighted by Gasteiger charge is 2.31. The van der Waals surface area contributed by atoms with E-state index in [0.717, 1.165) is 30.3 Å². The van der Waals surface area contributed by atoms with Crippen LogP contribution in [-0.2, 0) is 4.74 Å². The minimum absolute atomic E-state index is 0.330. The Morgan fingerprint density at radius 1 is 1.07 bits per heavy atom. The van der Waals surface area contributed by atoms with Crippen molar-refractivity contribution < 1.29 is 4.74 Å². The highest BCUT2D eigenvalue weighted by atomic mass is 79.9. The normalized spacial score (nSPS) is 12.8. The van der Waals surface area contributed by atoms with Crippen LogP contribution in [-0.4, -0.2) is 23.9 Å². The largest absolute Gasteiger partial charge is 0.381 e. The smallest absolute Gasteiger partial charge is 0.0488 e. The van der Waals surface area contributed by atoms with E-state index in [9.17, 15) is 0 Å². The van der Waals surface area contributed by atoms with Crippen LogP contribution in [0.15, 0.2) is 0 Å². The van der Waals surface area contributed by atoms with Crippen LogP contribution >= 0.6 is 31.9 Å². The lowest BCUT2D eigenvalue weighted by molar-refractivity contribution is 0.0759. The van der Waals surface area contributed by atoms with Crippen molar-refractivity contribution in [2.45, 2.75) is 34.1 Å². The van der Waals surface area contributed by atoms with E-state index in [1.807, 2.05) is 0 Å². The molecule has 0 rings (SSSR count). The summed E-state index contributed by atoms with van der Waals surface area (Å²) in [7, 11) is 0. The second-order valence-corrected chi connectivity index (χ2v) is 6.12. The SMILES string of the molecule is CC(C)COCCC(CBr)(CBr)C(C)C. The van der Waals surface area contributed by atoms with E-state index in [1.54, 1.807) is 0 Å². The molecule has 0 amide bonds. The summed E-state index contributed by atoms with van der Waals surface area (Å²) < 4.78 is 5.66. The molecular formula is C12H24Br2O. The zero-order valence-corrected chi connectivity index (χ0v) is 13.5. The second kappa shape index (κ2) is 8.08. The van der Waals surface area contributed by atoms with Crippen molar-refractivity contribution in [3.8, 4) is 0 Å². The summed E-state index contributed by atoms with van der Waals surface area (Å²) in [5.41, 5.74) is 0.330. The van der Waals surface area contributed by atoms with Crippen LogP contribution in [0.1, 0.15) is 34.1 Å². The van der Waals surface area contributed by atoms with Crippen LogP contribution < -0.4 is 0 Å². The van der Waals surface area contributed by atoms with Gasteiger partial charge in [0.15, 0.2) is 0 Å². The fraction of sp³-hybridized carbons (Fsp3) is 1.00. The van der Waals surface area contributed by atoms with Crippen LogP contribution in [0, 0.1) is 17.3 Å². The monoisotopic (exact) mass is 342 g/mol. The average molecular weight is 344 g/mol. The number of hydrogen-bond acceptors (Lipinski definition) is 1. The molecule has 0 aliphatic heterocycles. The molecule has 0 spiro atoms. The molecule has 0 aromatic rings. The lowest BCUT2D eigenvalue weighted by atomic mass is 9.78. The van der Waals surface area contributed by atoms with E-state index < -0.39 is 0 Å². The van der Waals surface area contributed by atoms with Crippen molar-refractivity contribution >= 4 is 31.9 Å². The van der Waals surface area contributed by atoms with E-state index >= 15 is 0 Å². The van der Waals surface area contributed by atoms with Crippen molar-refractivity contribution in [3.05, 3.63) is 0 Å². The first-order chi connectivity index (χ1) is 6.98. The van der Waals surface area contributed by atoms with Gasteiger partial charge in [-0.3, -0.25) is 0 Å². The maximum atomic E-state index is 5.66. The molecule has 0 heterocycles. The van der Waals surface area contributed by atoms with Gasteiger partial charge in [0.05, 0.1) is 0 Å². The molecular weight excluding hydrogens is 320 g/mol. The van der Waals surface area contributed by atoms with Gasteiger partial charge in [0.2, 0.25) is 0 Å². The highest BCUT2D eigenvalue weighted by Crippen LogP contribution is 2.35. The van der Waals surface area contributed by atoms with Crippen molar-refractivity contribution in [1.82, 2.24) is 0 Å². The van der Waals surface area contributed by atoms with E-state index in [0.29, 0.717) is 17.3 Å². The van der Waals surface area contributed by atoms with Crippen molar-refractivity contribution in [3.63, 3.8) is 0 Å². The van der Waals surface area contributed by atoms with Gasteiger partial charge < -0.3 is 4.74 Å². The number of hydrogen-bond donors (Lipinski definition) is 0. The van der Waals surface area contributed by atoms with Crippen LogP contribution in [0.3, 0.4) is 0 Å². The fourth-order valence-electron chi connectivity index (χ4n) is 1.36. The quantitative estimate of drug-likeness (QED) is 0.466. The summed E-state index contributed by atoms with van der Waals surface area (Å²) >= 11 is 7.26. The predicted octanol–water partition coefficient (Wildman–Crippen LogP) is 4.48.